The molecule has 1 amide bonds. The molecule has 1 fully saturated rings. The van der Waals surface area contributed by atoms with Crippen LogP contribution in [0, 0.1) is 6.92 Å². The fourth-order valence-electron chi connectivity index (χ4n) is 2.98. The molecule has 0 spiro atoms. The topological polar surface area (TPSA) is 56.9 Å². The normalized spacial score (nSPS) is 17.6. The van der Waals surface area contributed by atoms with Crippen LogP contribution in [0.2, 0.25) is 0 Å². The minimum absolute atomic E-state index is 0.0467. The number of amides is 1. The summed E-state index contributed by atoms with van der Waals surface area (Å²) in [7, 11) is 0. The van der Waals surface area contributed by atoms with Gasteiger partial charge < -0.3 is 14.4 Å². The van der Waals surface area contributed by atoms with E-state index in [0.29, 0.717) is 25.4 Å². The van der Waals surface area contributed by atoms with E-state index in [1.807, 2.05) is 43.0 Å². The van der Waals surface area contributed by atoms with Crippen molar-refractivity contribution in [2.24, 2.45) is 0 Å². The lowest BCUT2D eigenvalue weighted by Gasteiger charge is -2.35. The Morgan fingerprint density at radius 3 is 2.70 bits per heavy atom. The maximum absolute atomic E-state index is 12.6. The van der Waals surface area contributed by atoms with Crippen LogP contribution in [0.4, 0.5) is 0 Å². The van der Waals surface area contributed by atoms with E-state index in [0.717, 1.165) is 36.0 Å². The van der Waals surface area contributed by atoms with Gasteiger partial charge in [0, 0.05) is 38.1 Å². The number of β-amino-alcohol motifs (C(OH)–C–C–N with tert-alkyl or cyclic N) is 1. The molecule has 2 aromatic rings. The Bertz CT molecular complexity index is 687. The number of rotatable bonds is 4. The second kappa shape index (κ2) is 6.72. The van der Waals surface area contributed by atoms with E-state index in [4.69, 9.17) is 4.42 Å². The van der Waals surface area contributed by atoms with Gasteiger partial charge in [-0.1, -0.05) is 18.6 Å². The van der Waals surface area contributed by atoms with Crippen molar-refractivity contribution in [3.63, 3.8) is 0 Å². The average molecular weight is 316 g/mol. The Hall–Kier alpha value is -1.85. The summed E-state index contributed by atoms with van der Waals surface area (Å²) >= 11 is 0. The first-order chi connectivity index (χ1) is 11.1. The Labute approximate surface area is 136 Å². The first-order valence-electron chi connectivity index (χ1n) is 8.26. The lowest BCUT2D eigenvalue weighted by Crippen LogP contribution is -2.50. The summed E-state index contributed by atoms with van der Waals surface area (Å²) in [4.78, 5) is 16.6. The number of fused-ring (bicyclic) bond motifs is 1. The molecule has 1 aliphatic rings. The van der Waals surface area contributed by atoms with Crippen LogP contribution in [-0.2, 0) is 0 Å². The number of aliphatic hydroxyl groups excluding tert-OH is 1. The molecule has 1 N–H and O–H groups in total. The lowest BCUT2D eigenvalue weighted by molar-refractivity contribution is 0.0502. The zero-order valence-corrected chi connectivity index (χ0v) is 13.8. The highest BCUT2D eigenvalue weighted by molar-refractivity contribution is 5.96. The summed E-state index contributed by atoms with van der Waals surface area (Å²) in [6.45, 7) is 7.62. The summed E-state index contributed by atoms with van der Waals surface area (Å²) in [6, 6.07) is 7.75. The standard InChI is InChI=1S/C18H24N2O3/c1-3-15(21)12-19-6-8-20(9-7-19)18(22)17-11-14-10-13(2)4-5-16(14)23-17/h4-5,10-11,15,21H,3,6-9,12H2,1-2H3/t15-/m0/s1. The molecule has 0 saturated carbocycles. The number of carbonyl (C=O) groups is 1. The number of carbonyl (C=O) groups excluding carboxylic acids is 1. The van der Waals surface area contributed by atoms with Crippen LogP contribution >= 0.6 is 0 Å². The van der Waals surface area contributed by atoms with Gasteiger partial charge >= 0.3 is 0 Å². The van der Waals surface area contributed by atoms with Crippen LogP contribution in [0.5, 0.6) is 0 Å². The number of aliphatic hydroxyl groups is 1. The molecule has 2 heterocycles. The van der Waals surface area contributed by atoms with Gasteiger partial charge in [0.25, 0.3) is 5.91 Å². The van der Waals surface area contributed by atoms with Gasteiger partial charge in [0.2, 0.25) is 0 Å². The maximum Gasteiger partial charge on any atom is 0.289 e. The average Bonchev–Trinajstić information content (AvgIpc) is 2.97. The third-order valence-electron chi connectivity index (χ3n) is 4.48. The molecule has 23 heavy (non-hydrogen) atoms. The van der Waals surface area contributed by atoms with Crippen molar-refractivity contribution in [1.29, 1.82) is 0 Å². The second-order valence-electron chi connectivity index (χ2n) is 6.31. The highest BCUT2D eigenvalue weighted by Crippen LogP contribution is 2.22. The summed E-state index contributed by atoms with van der Waals surface area (Å²) in [5.74, 6) is 0.363. The molecule has 1 aromatic heterocycles. The quantitative estimate of drug-likeness (QED) is 0.940. The summed E-state index contributed by atoms with van der Waals surface area (Å²) in [6.07, 6.45) is 0.480. The minimum Gasteiger partial charge on any atom is -0.451 e. The largest absolute Gasteiger partial charge is 0.451 e. The Morgan fingerprint density at radius 2 is 2.00 bits per heavy atom. The fourth-order valence-corrected chi connectivity index (χ4v) is 2.98. The van der Waals surface area contributed by atoms with Crippen LogP contribution in [0.3, 0.4) is 0 Å². The van der Waals surface area contributed by atoms with Gasteiger partial charge in [-0.05, 0) is 31.5 Å². The first-order valence-corrected chi connectivity index (χ1v) is 8.26. The zero-order chi connectivity index (χ0) is 16.4. The Morgan fingerprint density at radius 1 is 1.26 bits per heavy atom. The van der Waals surface area contributed by atoms with Crippen molar-refractivity contribution < 1.29 is 14.3 Å². The van der Waals surface area contributed by atoms with Crippen LogP contribution in [0.25, 0.3) is 11.0 Å². The van der Waals surface area contributed by atoms with Gasteiger partial charge in [-0.2, -0.15) is 0 Å². The first kappa shape index (κ1) is 16.0. The van der Waals surface area contributed by atoms with E-state index in [2.05, 4.69) is 4.90 Å². The predicted octanol–water partition coefficient (Wildman–Crippen LogP) is 2.27. The molecule has 5 heteroatoms. The van der Waals surface area contributed by atoms with Crippen LogP contribution in [-0.4, -0.2) is 59.6 Å². The number of hydrogen-bond acceptors (Lipinski definition) is 4. The van der Waals surface area contributed by atoms with E-state index in [9.17, 15) is 9.90 Å². The zero-order valence-electron chi connectivity index (χ0n) is 13.8. The highest BCUT2D eigenvalue weighted by atomic mass is 16.3. The maximum atomic E-state index is 12.6. The van der Waals surface area contributed by atoms with E-state index in [1.54, 1.807) is 0 Å². The molecule has 0 aliphatic carbocycles. The summed E-state index contributed by atoms with van der Waals surface area (Å²) in [5, 5.41) is 10.7. The number of aryl methyl sites for hydroxylation is 1. The molecule has 124 valence electrons. The molecule has 5 nitrogen and oxygen atoms in total. The molecule has 3 rings (SSSR count). The predicted molar refractivity (Wildman–Crippen MR) is 89.6 cm³/mol. The lowest BCUT2D eigenvalue weighted by atomic mass is 10.2. The third-order valence-corrected chi connectivity index (χ3v) is 4.48. The van der Waals surface area contributed by atoms with E-state index >= 15 is 0 Å². The monoisotopic (exact) mass is 316 g/mol. The summed E-state index contributed by atoms with van der Waals surface area (Å²) in [5.41, 5.74) is 1.91. The molecule has 1 saturated heterocycles. The minimum atomic E-state index is -0.282. The van der Waals surface area contributed by atoms with E-state index in [-0.39, 0.29) is 12.0 Å². The van der Waals surface area contributed by atoms with Crippen molar-refractivity contribution in [3.05, 3.63) is 35.6 Å². The number of nitrogens with zero attached hydrogens (tertiary/aromatic N) is 2. The molecular formula is C18H24N2O3. The number of benzene rings is 1. The molecule has 1 aromatic carbocycles. The van der Waals surface area contributed by atoms with Gasteiger partial charge in [0.1, 0.15) is 5.58 Å². The molecule has 0 bridgehead atoms. The Balaban J connectivity index is 1.64. The summed E-state index contributed by atoms with van der Waals surface area (Å²) < 4.78 is 5.70. The second-order valence-corrected chi connectivity index (χ2v) is 6.31. The number of furan rings is 1. The molecular weight excluding hydrogens is 292 g/mol. The number of hydrogen-bond donors (Lipinski definition) is 1. The van der Waals surface area contributed by atoms with E-state index < -0.39 is 0 Å². The van der Waals surface area contributed by atoms with Gasteiger partial charge in [-0.3, -0.25) is 9.69 Å². The third kappa shape index (κ3) is 3.57. The van der Waals surface area contributed by atoms with Gasteiger partial charge in [0.05, 0.1) is 6.10 Å². The van der Waals surface area contributed by atoms with Crippen molar-refractivity contribution >= 4 is 16.9 Å². The van der Waals surface area contributed by atoms with Crippen LogP contribution < -0.4 is 0 Å². The molecule has 0 unspecified atom stereocenters. The Kier molecular flexibility index (Phi) is 4.68. The van der Waals surface area contributed by atoms with Crippen LogP contribution in [0.1, 0.15) is 29.5 Å². The van der Waals surface area contributed by atoms with Gasteiger partial charge in [-0.15, -0.1) is 0 Å². The molecule has 1 atom stereocenters. The van der Waals surface area contributed by atoms with Crippen molar-refractivity contribution in [2.75, 3.05) is 32.7 Å². The van der Waals surface area contributed by atoms with Crippen molar-refractivity contribution in [3.8, 4) is 0 Å². The molecule has 0 radical (unpaired) electrons. The van der Waals surface area contributed by atoms with Crippen LogP contribution in [0.15, 0.2) is 28.7 Å². The SMILES string of the molecule is CC[C@H](O)CN1CCN(C(=O)c2cc3cc(C)ccc3o2)CC1. The van der Waals surface area contributed by atoms with Crippen molar-refractivity contribution in [1.82, 2.24) is 9.80 Å². The van der Waals surface area contributed by atoms with Gasteiger partial charge in [0.15, 0.2) is 5.76 Å². The fraction of sp³-hybridized carbons (Fsp3) is 0.500. The highest BCUT2D eigenvalue weighted by Gasteiger charge is 2.25. The van der Waals surface area contributed by atoms with Crippen molar-refractivity contribution in [2.45, 2.75) is 26.4 Å². The smallest absolute Gasteiger partial charge is 0.289 e. The van der Waals surface area contributed by atoms with Gasteiger partial charge in [-0.25, -0.2) is 0 Å². The van der Waals surface area contributed by atoms with E-state index in [1.165, 1.54) is 0 Å². The number of piperazine rings is 1. The molecule has 1 aliphatic heterocycles.